The zero-order chi connectivity index (χ0) is 18.8. The zero-order valence-corrected chi connectivity index (χ0v) is 15.5. The van der Waals surface area contributed by atoms with Crippen LogP contribution in [-0.4, -0.2) is 52.4 Å². The summed E-state index contributed by atoms with van der Waals surface area (Å²) >= 11 is 0. The van der Waals surface area contributed by atoms with Crippen LogP contribution in [-0.2, 0) is 19.0 Å². The monoisotopic (exact) mass is 356 g/mol. The number of aliphatic hydroxyl groups is 2. The number of esters is 1. The van der Waals surface area contributed by atoms with Gasteiger partial charge in [0.05, 0.1) is 0 Å². The van der Waals surface area contributed by atoms with E-state index in [0.717, 1.165) is 12.8 Å². The van der Waals surface area contributed by atoms with Gasteiger partial charge in [0.15, 0.2) is 5.60 Å². The van der Waals surface area contributed by atoms with Crippen LogP contribution in [0.3, 0.4) is 0 Å². The van der Waals surface area contributed by atoms with Gasteiger partial charge in [0, 0.05) is 18.3 Å². The molecule has 7 nitrogen and oxygen atoms in total. The molecule has 1 aliphatic heterocycles. The van der Waals surface area contributed by atoms with Gasteiger partial charge in [-0.05, 0) is 25.2 Å². The summed E-state index contributed by atoms with van der Waals surface area (Å²) in [5.41, 5.74) is -4.22. The van der Waals surface area contributed by atoms with Gasteiger partial charge in [-0.15, -0.1) is 0 Å². The second kappa shape index (κ2) is 5.33. The maximum Gasteiger partial charge on any atom is 0.509 e. The fourth-order valence-electron chi connectivity index (χ4n) is 5.88. The molecule has 0 unspecified atom stereocenters. The second-order valence-corrected chi connectivity index (χ2v) is 8.87. The smallest absolute Gasteiger partial charge is 0.459 e. The van der Waals surface area contributed by atoms with Crippen LogP contribution in [0.25, 0.3) is 0 Å². The number of aliphatic hydroxyl groups excluding tert-OH is 1. The fourth-order valence-corrected chi connectivity index (χ4v) is 5.88. The molecule has 2 aliphatic carbocycles. The molecular formula is C18H28O7. The Balaban J connectivity index is 2.21. The van der Waals surface area contributed by atoms with Crippen LogP contribution in [0.1, 0.15) is 53.9 Å². The number of fused-ring (bicyclic) bond motifs is 2. The summed E-state index contributed by atoms with van der Waals surface area (Å²) in [6.45, 7) is 8.65. The Morgan fingerprint density at radius 1 is 1.24 bits per heavy atom. The van der Waals surface area contributed by atoms with Gasteiger partial charge in [-0.2, -0.15) is 0 Å². The summed E-state index contributed by atoms with van der Waals surface area (Å²) in [4.78, 5) is 23.5. The van der Waals surface area contributed by atoms with E-state index < -0.39 is 40.9 Å². The van der Waals surface area contributed by atoms with Crippen LogP contribution in [0.2, 0.25) is 0 Å². The van der Waals surface area contributed by atoms with Crippen LogP contribution in [0.5, 0.6) is 0 Å². The summed E-state index contributed by atoms with van der Waals surface area (Å²) < 4.78 is 16.2. The molecule has 142 valence electrons. The van der Waals surface area contributed by atoms with Crippen molar-refractivity contribution >= 4 is 12.1 Å². The van der Waals surface area contributed by atoms with Gasteiger partial charge in [0.2, 0.25) is 0 Å². The van der Waals surface area contributed by atoms with Crippen LogP contribution >= 0.6 is 0 Å². The number of ether oxygens (including phenoxy) is 3. The van der Waals surface area contributed by atoms with Crippen molar-refractivity contribution in [3.05, 3.63) is 0 Å². The third kappa shape index (κ3) is 2.24. The normalized spacial score (nSPS) is 48.4. The van der Waals surface area contributed by atoms with Crippen molar-refractivity contribution in [3.8, 4) is 0 Å². The van der Waals surface area contributed by atoms with Crippen molar-refractivity contribution in [3.63, 3.8) is 0 Å². The van der Waals surface area contributed by atoms with E-state index in [0.29, 0.717) is 6.42 Å². The van der Waals surface area contributed by atoms with Gasteiger partial charge in [-0.25, -0.2) is 4.79 Å². The SMILES string of the molecule is CC(=O)O[C@H]1[C@H]2C(C)(C)CCC[C@]2(C)[C@@]2(COC(=O)O2)[C@](C)(O)[C@H]1O. The first kappa shape index (κ1) is 18.5. The van der Waals surface area contributed by atoms with E-state index >= 15 is 0 Å². The van der Waals surface area contributed by atoms with E-state index in [4.69, 9.17) is 14.2 Å². The molecule has 1 heterocycles. The minimum absolute atomic E-state index is 0.133. The topological polar surface area (TPSA) is 102 Å². The summed E-state index contributed by atoms with van der Waals surface area (Å²) in [6.07, 6.45) is -0.720. The molecule has 0 bridgehead atoms. The largest absolute Gasteiger partial charge is 0.509 e. The van der Waals surface area contributed by atoms with E-state index in [2.05, 4.69) is 13.8 Å². The highest BCUT2D eigenvalue weighted by Crippen LogP contribution is 2.66. The maximum absolute atomic E-state index is 11.8. The quantitative estimate of drug-likeness (QED) is 0.690. The van der Waals surface area contributed by atoms with Gasteiger partial charge < -0.3 is 24.4 Å². The van der Waals surface area contributed by atoms with Crippen molar-refractivity contribution in [1.82, 2.24) is 0 Å². The third-order valence-corrected chi connectivity index (χ3v) is 6.95. The lowest BCUT2D eigenvalue weighted by Gasteiger charge is -2.66. The lowest BCUT2D eigenvalue weighted by atomic mass is 9.42. The van der Waals surface area contributed by atoms with Gasteiger partial charge in [0.1, 0.15) is 24.4 Å². The molecule has 6 atom stereocenters. The Kier molecular flexibility index (Phi) is 3.93. The van der Waals surface area contributed by atoms with Crippen LogP contribution in [0.15, 0.2) is 0 Å². The van der Waals surface area contributed by atoms with Crippen LogP contribution < -0.4 is 0 Å². The van der Waals surface area contributed by atoms with E-state index in [-0.39, 0.29) is 17.9 Å². The average Bonchev–Trinajstić information content (AvgIpc) is 2.87. The Hall–Kier alpha value is -1.34. The van der Waals surface area contributed by atoms with Crippen LogP contribution in [0, 0.1) is 16.7 Å². The third-order valence-electron chi connectivity index (χ3n) is 6.95. The Morgan fingerprint density at radius 3 is 2.40 bits per heavy atom. The molecule has 2 saturated carbocycles. The lowest BCUT2D eigenvalue weighted by Crippen LogP contribution is -2.80. The number of carbonyl (C=O) groups is 2. The molecule has 0 aromatic carbocycles. The predicted octanol–water partition coefficient (Wildman–Crippen LogP) is 1.78. The molecule has 7 heteroatoms. The lowest BCUT2D eigenvalue weighted by molar-refractivity contribution is -0.323. The maximum atomic E-state index is 11.8. The highest BCUT2D eigenvalue weighted by Gasteiger charge is 2.78. The van der Waals surface area contributed by atoms with Crippen molar-refractivity contribution in [2.75, 3.05) is 6.61 Å². The molecule has 3 fully saturated rings. The molecule has 0 amide bonds. The number of hydrogen-bond donors (Lipinski definition) is 2. The molecule has 0 aromatic rings. The number of hydrogen-bond acceptors (Lipinski definition) is 7. The highest BCUT2D eigenvalue weighted by molar-refractivity contribution is 5.66. The number of rotatable bonds is 1. The van der Waals surface area contributed by atoms with Crippen molar-refractivity contribution in [2.24, 2.45) is 16.7 Å². The van der Waals surface area contributed by atoms with E-state index in [1.807, 2.05) is 6.92 Å². The number of carbonyl (C=O) groups excluding carboxylic acids is 2. The van der Waals surface area contributed by atoms with Crippen molar-refractivity contribution in [1.29, 1.82) is 0 Å². The highest BCUT2D eigenvalue weighted by atomic mass is 16.8. The standard InChI is InChI=1S/C18H28O7/c1-10(19)24-11-12-15(2,3)7-6-8-16(12,4)18(9-23-14(21)25-18)17(5,22)13(11)20/h11-13,20,22H,6-9H2,1-5H3/t11-,12-,13-,16-,17+,18-/m0/s1. The van der Waals surface area contributed by atoms with Crippen LogP contribution in [0.4, 0.5) is 4.79 Å². The minimum Gasteiger partial charge on any atom is -0.459 e. The van der Waals surface area contributed by atoms with Gasteiger partial charge in [-0.3, -0.25) is 4.79 Å². The van der Waals surface area contributed by atoms with E-state index in [9.17, 15) is 19.8 Å². The zero-order valence-electron chi connectivity index (χ0n) is 15.5. The first-order chi connectivity index (χ1) is 11.4. The Morgan fingerprint density at radius 2 is 1.88 bits per heavy atom. The molecule has 3 rings (SSSR count). The average molecular weight is 356 g/mol. The van der Waals surface area contributed by atoms with Gasteiger partial charge in [-0.1, -0.05) is 27.2 Å². The Labute approximate surface area is 147 Å². The molecule has 1 spiro atoms. The number of cyclic esters (lactones) is 1. The first-order valence-corrected chi connectivity index (χ1v) is 8.82. The molecule has 2 N–H and O–H groups in total. The van der Waals surface area contributed by atoms with E-state index in [1.165, 1.54) is 13.8 Å². The Bertz CT molecular complexity index is 598. The van der Waals surface area contributed by atoms with Gasteiger partial charge in [0.25, 0.3) is 0 Å². The fraction of sp³-hybridized carbons (Fsp3) is 0.889. The van der Waals surface area contributed by atoms with E-state index in [1.54, 1.807) is 0 Å². The molecule has 1 saturated heterocycles. The second-order valence-electron chi connectivity index (χ2n) is 8.87. The van der Waals surface area contributed by atoms with Crippen molar-refractivity contribution < 1.29 is 34.0 Å². The van der Waals surface area contributed by atoms with Crippen molar-refractivity contribution in [2.45, 2.75) is 77.3 Å². The first-order valence-electron chi connectivity index (χ1n) is 8.82. The summed E-state index contributed by atoms with van der Waals surface area (Å²) in [7, 11) is 0. The molecule has 25 heavy (non-hydrogen) atoms. The molecule has 0 radical (unpaired) electrons. The predicted molar refractivity (Wildman–Crippen MR) is 86.6 cm³/mol. The summed E-state index contributed by atoms with van der Waals surface area (Å²) in [5.74, 6) is -0.818. The minimum atomic E-state index is -1.82. The molecular weight excluding hydrogens is 328 g/mol. The van der Waals surface area contributed by atoms with Gasteiger partial charge >= 0.3 is 12.1 Å². The summed E-state index contributed by atoms with van der Waals surface area (Å²) in [6, 6.07) is 0. The summed E-state index contributed by atoms with van der Waals surface area (Å²) in [5, 5.41) is 22.2. The molecule has 0 aromatic heterocycles. The molecule has 3 aliphatic rings.